The first-order valence-corrected chi connectivity index (χ1v) is 7.36. The molecule has 0 atom stereocenters. The second-order valence-corrected chi connectivity index (χ2v) is 5.86. The van der Waals surface area contributed by atoms with Crippen molar-refractivity contribution in [3.63, 3.8) is 0 Å². The number of ether oxygens (including phenoxy) is 1. The Morgan fingerprint density at radius 1 is 1.35 bits per heavy atom. The summed E-state index contributed by atoms with van der Waals surface area (Å²) in [6, 6.07) is 3.70. The zero-order valence-electron chi connectivity index (χ0n) is 11.1. The van der Waals surface area contributed by atoms with E-state index in [1.807, 2.05) is 42.0 Å². The molecule has 1 aromatic carbocycles. The molecule has 0 radical (unpaired) electrons. The van der Waals surface area contributed by atoms with E-state index in [9.17, 15) is 5.11 Å². The Bertz CT molecular complexity index is 756. The fraction of sp³-hybridized carbons (Fsp3) is 0.214. The van der Waals surface area contributed by atoms with Crippen molar-refractivity contribution in [2.75, 3.05) is 0 Å². The Morgan fingerprint density at radius 3 is 2.70 bits per heavy atom. The van der Waals surface area contributed by atoms with Gasteiger partial charge in [-0.05, 0) is 37.1 Å². The van der Waals surface area contributed by atoms with Gasteiger partial charge < -0.3 is 9.84 Å². The summed E-state index contributed by atoms with van der Waals surface area (Å²) in [4.78, 5) is 5.21. The van der Waals surface area contributed by atoms with Gasteiger partial charge in [0.05, 0.1) is 6.61 Å². The fourth-order valence-corrected chi connectivity index (χ4v) is 3.25. The van der Waals surface area contributed by atoms with Gasteiger partial charge in [-0.3, -0.25) is 4.40 Å². The van der Waals surface area contributed by atoms with Crippen LogP contribution in [0.3, 0.4) is 0 Å². The molecule has 20 heavy (non-hydrogen) atoms. The van der Waals surface area contributed by atoms with Crippen molar-refractivity contribution in [3.05, 3.63) is 45.6 Å². The summed E-state index contributed by atoms with van der Waals surface area (Å²) >= 11 is 7.52. The van der Waals surface area contributed by atoms with Gasteiger partial charge in [0.15, 0.2) is 4.96 Å². The largest absolute Gasteiger partial charge is 0.437 e. The molecule has 0 aliphatic heterocycles. The van der Waals surface area contributed by atoms with Gasteiger partial charge in [0, 0.05) is 16.6 Å². The molecule has 0 unspecified atom stereocenters. The second kappa shape index (κ2) is 5.09. The van der Waals surface area contributed by atoms with Gasteiger partial charge in [0.2, 0.25) is 5.88 Å². The minimum Gasteiger partial charge on any atom is -0.437 e. The molecule has 2 heterocycles. The highest BCUT2D eigenvalue weighted by Gasteiger charge is 2.16. The van der Waals surface area contributed by atoms with Crippen LogP contribution in [0.5, 0.6) is 11.6 Å². The predicted octanol–water partition coefficient (Wildman–Crippen LogP) is 3.95. The van der Waals surface area contributed by atoms with Crippen LogP contribution in [0.1, 0.15) is 16.8 Å². The number of hydrogen-bond donors (Lipinski definition) is 1. The van der Waals surface area contributed by atoms with E-state index < -0.39 is 0 Å². The molecule has 3 aromatic rings. The van der Waals surface area contributed by atoms with E-state index in [0.29, 0.717) is 16.6 Å². The van der Waals surface area contributed by atoms with Gasteiger partial charge in [-0.25, -0.2) is 0 Å². The molecule has 1 N–H and O–H groups in total. The number of aryl methyl sites for hydroxylation is 2. The number of hydrogen-bond acceptors (Lipinski definition) is 4. The van der Waals surface area contributed by atoms with Crippen molar-refractivity contribution < 1.29 is 9.84 Å². The zero-order valence-corrected chi connectivity index (χ0v) is 12.6. The van der Waals surface area contributed by atoms with Crippen molar-refractivity contribution in [1.29, 1.82) is 0 Å². The molecule has 0 amide bonds. The van der Waals surface area contributed by atoms with E-state index in [1.54, 1.807) is 0 Å². The summed E-state index contributed by atoms with van der Waals surface area (Å²) in [6.45, 7) is 3.75. The highest BCUT2D eigenvalue weighted by molar-refractivity contribution is 7.15. The smallest absolute Gasteiger partial charge is 0.244 e. The minimum absolute atomic E-state index is 0.126. The van der Waals surface area contributed by atoms with Gasteiger partial charge in [0.25, 0.3) is 0 Å². The van der Waals surface area contributed by atoms with Crippen molar-refractivity contribution in [2.45, 2.75) is 20.5 Å². The Hall–Kier alpha value is -1.56. The van der Waals surface area contributed by atoms with Crippen LogP contribution < -0.4 is 4.74 Å². The summed E-state index contributed by atoms with van der Waals surface area (Å²) in [5.74, 6) is 1.17. The van der Waals surface area contributed by atoms with Crippen molar-refractivity contribution in [2.24, 2.45) is 0 Å². The lowest BCUT2D eigenvalue weighted by atomic mass is 10.1. The van der Waals surface area contributed by atoms with E-state index >= 15 is 0 Å². The number of benzene rings is 1. The summed E-state index contributed by atoms with van der Waals surface area (Å²) < 4.78 is 7.75. The maximum atomic E-state index is 9.53. The molecule has 0 bridgehead atoms. The van der Waals surface area contributed by atoms with E-state index in [2.05, 4.69) is 4.98 Å². The molecule has 0 aliphatic carbocycles. The average molecular weight is 309 g/mol. The van der Waals surface area contributed by atoms with E-state index in [-0.39, 0.29) is 6.61 Å². The maximum absolute atomic E-state index is 9.53. The molecule has 4 nitrogen and oxygen atoms in total. The summed E-state index contributed by atoms with van der Waals surface area (Å²) in [6.07, 6.45) is 1.87. The van der Waals surface area contributed by atoms with Crippen LogP contribution in [-0.2, 0) is 6.61 Å². The normalized spacial score (nSPS) is 11.2. The number of rotatable bonds is 3. The Kier molecular flexibility index (Phi) is 3.41. The average Bonchev–Trinajstić information content (AvgIpc) is 2.93. The molecule has 0 spiro atoms. The lowest BCUT2D eigenvalue weighted by Gasteiger charge is -2.11. The monoisotopic (exact) mass is 308 g/mol. The minimum atomic E-state index is -0.126. The molecular formula is C14H13ClN2O2S. The number of thiazole rings is 1. The maximum Gasteiger partial charge on any atom is 0.244 e. The zero-order chi connectivity index (χ0) is 14.3. The summed E-state index contributed by atoms with van der Waals surface area (Å²) in [7, 11) is 0. The van der Waals surface area contributed by atoms with Gasteiger partial charge >= 0.3 is 0 Å². The highest BCUT2D eigenvalue weighted by atomic mass is 35.5. The van der Waals surface area contributed by atoms with Crippen LogP contribution in [0.25, 0.3) is 4.96 Å². The third kappa shape index (κ3) is 2.18. The molecule has 104 valence electrons. The number of fused-ring (bicyclic) bond motifs is 1. The van der Waals surface area contributed by atoms with Crippen LogP contribution in [-0.4, -0.2) is 14.5 Å². The second-order valence-electron chi connectivity index (χ2n) is 4.55. The lowest BCUT2D eigenvalue weighted by Crippen LogP contribution is -1.96. The molecule has 0 aliphatic rings. The van der Waals surface area contributed by atoms with Crippen LogP contribution in [0.2, 0.25) is 5.02 Å². The molecule has 0 fully saturated rings. The molecule has 6 heteroatoms. The quantitative estimate of drug-likeness (QED) is 0.797. The first kappa shape index (κ1) is 13.4. The molecule has 0 saturated carbocycles. The van der Waals surface area contributed by atoms with Crippen LogP contribution in [0.4, 0.5) is 0 Å². The summed E-state index contributed by atoms with van der Waals surface area (Å²) in [5.41, 5.74) is 2.53. The van der Waals surface area contributed by atoms with Crippen LogP contribution in [0, 0.1) is 13.8 Å². The van der Waals surface area contributed by atoms with E-state index in [1.165, 1.54) is 11.3 Å². The van der Waals surface area contributed by atoms with Crippen molar-refractivity contribution in [3.8, 4) is 11.6 Å². The van der Waals surface area contributed by atoms with Crippen LogP contribution in [0.15, 0.2) is 23.7 Å². The number of halogens is 1. The number of aliphatic hydroxyl groups is 1. The number of imidazole rings is 1. The van der Waals surface area contributed by atoms with Crippen LogP contribution >= 0.6 is 22.9 Å². The summed E-state index contributed by atoms with van der Waals surface area (Å²) in [5, 5.41) is 12.1. The Balaban J connectivity index is 2.07. The van der Waals surface area contributed by atoms with Crippen molar-refractivity contribution in [1.82, 2.24) is 9.38 Å². The lowest BCUT2D eigenvalue weighted by molar-refractivity contribution is 0.269. The van der Waals surface area contributed by atoms with Gasteiger partial charge in [-0.2, -0.15) is 4.98 Å². The third-order valence-electron chi connectivity index (χ3n) is 3.10. The van der Waals surface area contributed by atoms with E-state index in [4.69, 9.17) is 16.3 Å². The fourth-order valence-electron chi connectivity index (χ4n) is 2.19. The molecule has 2 aromatic heterocycles. The van der Waals surface area contributed by atoms with Gasteiger partial charge in [-0.15, -0.1) is 11.3 Å². The highest BCUT2D eigenvalue weighted by Crippen LogP contribution is 2.33. The molecular weight excluding hydrogens is 296 g/mol. The number of nitrogens with zero attached hydrogens (tertiary/aromatic N) is 2. The Morgan fingerprint density at radius 2 is 2.05 bits per heavy atom. The van der Waals surface area contributed by atoms with Gasteiger partial charge in [0.1, 0.15) is 11.4 Å². The van der Waals surface area contributed by atoms with Gasteiger partial charge in [-0.1, -0.05) is 11.6 Å². The van der Waals surface area contributed by atoms with E-state index in [0.717, 1.165) is 21.8 Å². The first-order chi connectivity index (χ1) is 9.60. The molecule has 3 rings (SSSR count). The topological polar surface area (TPSA) is 46.8 Å². The third-order valence-corrected chi connectivity index (χ3v) is 4.07. The Labute approximate surface area is 125 Å². The standard InChI is InChI=1S/C14H13ClN2O2S/c1-8-5-10(15)6-9(2)12(8)19-13-11(7-18)17-3-4-20-14(17)16-13/h3-6,18H,7H2,1-2H3. The number of aromatic nitrogens is 2. The first-order valence-electron chi connectivity index (χ1n) is 6.10. The predicted molar refractivity (Wildman–Crippen MR) is 80.0 cm³/mol. The number of aliphatic hydroxyl groups excluding tert-OH is 1. The molecule has 0 saturated heterocycles. The van der Waals surface area contributed by atoms with Crippen molar-refractivity contribution >= 4 is 27.9 Å². The SMILES string of the molecule is Cc1cc(Cl)cc(C)c1Oc1nc2sccn2c1CO.